The molecule has 0 bridgehead atoms. The summed E-state index contributed by atoms with van der Waals surface area (Å²) in [4.78, 5) is 25.6. The second kappa shape index (κ2) is 7.22. The van der Waals surface area contributed by atoms with E-state index < -0.39 is 6.03 Å². The number of likely N-dealkylation sites (tertiary alicyclic amines) is 1. The van der Waals surface area contributed by atoms with Crippen LogP contribution in [0.15, 0.2) is 30.3 Å². The molecule has 5 heteroatoms. The molecule has 1 aliphatic rings. The van der Waals surface area contributed by atoms with Crippen LogP contribution in [-0.2, 0) is 4.79 Å². The number of carbonyl (C=O) groups is 2. The first kappa shape index (κ1) is 15.5. The molecule has 21 heavy (non-hydrogen) atoms. The normalized spacial score (nSPS) is 20.0. The number of amides is 3. The second-order valence-corrected chi connectivity index (χ2v) is 5.42. The Morgan fingerprint density at radius 2 is 2.05 bits per heavy atom. The van der Waals surface area contributed by atoms with Crippen molar-refractivity contribution in [2.75, 3.05) is 19.6 Å². The largest absolute Gasteiger partial charge is 0.338 e. The first-order chi connectivity index (χ1) is 10.1. The fraction of sp³-hybridized carbons (Fsp3) is 0.500. The third-order valence-corrected chi connectivity index (χ3v) is 3.99. The Bertz CT molecular complexity index is 490. The number of nitrogens with one attached hydrogen (secondary N) is 2. The molecule has 114 valence electrons. The smallest absolute Gasteiger partial charge is 0.321 e. The van der Waals surface area contributed by atoms with Gasteiger partial charge in [0.2, 0.25) is 5.91 Å². The van der Waals surface area contributed by atoms with Gasteiger partial charge in [-0.05, 0) is 38.3 Å². The summed E-state index contributed by atoms with van der Waals surface area (Å²) in [5.41, 5.74) is 1.32. The minimum atomic E-state index is -0.423. The molecule has 0 aliphatic carbocycles. The van der Waals surface area contributed by atoms with Crippen LogP contribution in [0.3, 0.4) is 0 Å². The maximum absolute atomic E-state index is 12.0. The van der Waals surface area contributed by atoms with Crippen molar-refractivity contribution in [3.63, 3.8) is 0 Å². The second-order valence-electron chi connectivity index (χ2n) is 5.42. The summed E-state index contributed by atoms with van der Waals surface area (Å²) in [7, 11) is 0. The number of carbonyl (C=O) groups excluding carboxylic acids is 2. The van der Waals surface area contributed by atoms with E-state index in [1.807, 2.05) is 32.0 Å². The highest BCUT2D eigenvalue weighted by atomic mass is 16.2. The van der Waals surface area contributed by atoms with Crippen molar-refractivity contribution in [3.05, 3.63) is 35.9 Å². The highest BCUT2D eigenvalue weighted by Gasteiger charge is 2.30. The molecular formula is C16H23N3O2. The molecule has 1 saturated heterocycles. The van der Waals surface area contributed by atoms with Crippen LogP contribution in [0.2, 0.25) is 0 Å². The van der Waals surface area contributed by atoms with Gasteiger partial charge >= 0.3 is 6.03 Å². The average Bonchev–Trinajstić information content (AvgIpc) is 2.97. The van der Waals surface area contributed by atoms with Gasteiger partial charge in [0, 0.05) is 13.1 Å². The van der Waals surface area contributed by atoms with Gasteiger partial charge < -0.3 is 5.32 Å². The first-order valence-electron chi connectivity index (χ1n) is 7.49. The molecule has 1 aromatic carbocycles. The number of rotatable bonds is 4. The van der Waals surface area contributed by atoms with Crippen LogP contribution in [0, 0.1) is 0 Å². The monoisotopic (exact) mass is 289 g/mol. The maximum atomic E-state index is 12.0. The number of hydrogen-bond donors (Lipinski definition) is 2. The lowest BCUT2D eigenvalue weighted by Gasteiger charge is -2.23. The lowest BCUT2D eigenvalue weighted by atomic mass is 9.99. The zero-order valence-corrected chi connectivity index (χ0v) is 12.6. The summed E-state index contributed by atoms with van der Waals surface area (Å²) in [5.74, 6) is 0.223. The Morgan fingerprint density at radius 1 is 1.33 bits per heavy atom. The summed E-state index contributed by atoms with van der Waals surface area (Å²) < 4.78 is 0. The minimum absolute atomic E-state index is 0.241. The van der Waals surface area contributed by atoms with Gasteiger partial charge in [0.25, 0.3) is 0 Å². The van der Waals surface area contributed by atoms with Crippen LogP contribution in [0.5, 0.6) is 0 Å². The van der Waals surface area contributed by atoms with Crippen molar-refractivity contribution >= 4 is 11.9 Å². The molecule has 1 aliphatic heterocycles. The molecule has 0 unspecified atom stereocenters. The quantitative estimate of drug-likeness (QED) is 0.887. The van der Waals surface area contributed by atoms with Crippen molar-refractivity contribution in [1.82, 2.24) is 15.5 Å². The van der Waals surface area contributed by atoms with Crippen molar-refractivity contribution < 1.29 is 9.59 Å². The molecule has 0 aromatic heterocycles. The molecule has 2 atom stereocenters. The molecule has 1 heterocycles. The average molecular weight is 289 g/mol. The van der Waals surface area contributed by atoms with E-state index in [2.05, 4.69) is 27.7 Å². The van der Waals surface area contributed by atoms with Gasteiger partial charge in [0.15, 0.2) is 0 Å². The van der Waals surface area contributed by atoms with Crippen LogP contribution < -0.4 is 10.6 Å². The van der Waals surface area contributed by atoms with Crippen LogP contribution in [0.25, 0.3) is 0 Å². The predicted octanol–water partition coefficient (Wildman–Crippen LogP) is 1.71. The van der Waals surface area contributed by atoms with Crippen molar-refractivity contribution in [2.45, 2.75) is 32.2 Å². The minimum Gasteiger partial charge on any atom is -0.338 e. The lowest BCUT2D eigenvalue weighted by Crippen LogP contribution is -2.49. The Hall–Kier alpha value is -1.88. The molecule has 3 amide bonds. The van der Waals surface area contributed by atoms with E-state index in [9.17, 15) is 9.59 Å². The molecule has 1 aromatic rings. The van der Waals surface area contributed by atoms with Gasteiger partial charge in [-0.25, -0.2) is 4.79 Å². The third-order valence-electron chi connectivity index (χ3n) is 3.99. The fourth-order valence-corrected chi connectivity index (χ4v) is 2.72. The van der Waals surface area contributed by atoms with Crippen LogP contribution in [0.4, 0.5) is 4.79 Å². The Balaban J connectivity index is 1.88. The molecule has 1 fully saturated rings. The molecule has 5 nitrogen and oxygen atoms in total. The number of imide groups is 1. The third kappa shape index (κ3) is 4.04. The first-order valence-corrected chi connectivity index (χ1v) is 7.49. The van der Waals surface area contributed by atoms with E-state index in [1.54, 1.807) is 0 Å². The van der Waals surface area contributed by atoms with Gasteiger partial charge in [-0.3, -0.25) is 15.0 Å². The number of urea groups is 1. The standard InChI is InChI=1S/C16H23N3O2/c1-3-17-16(21)18-15(20)12(2)19-10-9-14(11-19)13-7-5-4-6-8-13/h4-8,12,14H,3,9-11H2,1-2H3,(H2,17,18,20,21)/t12-,14-/m0/s1. The zero-order valence-electron chi connectivity index (χ0n) is 12.6. The Morgan fingerprint density at radius 3 is 2.71 bits per heavy atom. The number of nitrogens with zero attached hydrogens (tertiary/aromatic N) is 1. The summed E-state index contributed by atoms with van der Waals surface area (Å²) in [6.07, 6.45) is 1.04. The van der Waals surface area contributed by atoms with Crippen LogP contribution in [-0.4, -0.2) is 42.5 Å². The van der Waals surface area contributed by atoms with Crippen LogP contribution >= 0.6 is 0 Å². The molecule has 0 radical (unpaired) electrons. The molecular weight excluding hydrogens is 266 g/mol. The van der Waals surface area contributed by atoms with Crippen molar-refractivity contribution in [3.8, 4) is 0 Å². The predicted molar refractivity (Wildman–Crippen MR) is 82.1 cm³/mol. The van der Waals surface area contributed by atoms with Gasteiger partial charge in [0.05, 0.1) is 6.04 Å². The van der Waals surface area contributed by atoms with E-state index in [1.165, 1.54) is 5.56 Å². The molecule has 2 N–H and O–H groups in total. The zero-order chi connectivity index (χ0) is 15.2. The highest BCUT2D eigenvalue weighted by Crippen LogP contribution is 2.28. The van der Waals surface area contributed by atoms with Gasteiger partial charge in [-0.1, -0.05) is 30.3 Å². The Kier molecular flexibility index (Phi) is 5.33. The SMILES string of the molecule is CCNC(=O)NC(=O)[C@H](C)N1CC[C@H](c2ccccc2)C1. The van der Waals surface area contributed by atoms with Gasteiger partial charge in [-0.15, -0.1) is 0 Å². The molecule has 2 rings (SSSR count). The fourth-order valence-electron chi connectivity index (χ4n) is 2.72. The van der Waals surface area contributed by atoms with E-state index in [0.717, 1.165) is 19.5 Å². The number of hydrogen-bond acceptors (Lipinski definition) is 3. The summed E-state index contributed by atoms with van der Waals surface area (Å²) in [6.45, 7) is 5.91. The van der Waals surface area contributed by atoms with E-state index in [-0.39, 0.29) is 11.9 Å². The molecule has 0 saturated carbocycles. The summed E-state index contributed by atoms with van der Waals surface area (Å²) in [6, 6.07) is 9.65. The lowest BCUT2D eigenvalue weighted by molar-refractivity contribution is -0.124. The van der Waals surface area contributed by atoms with E-state index in [4.69, 9.17) is 0 Å². The van der Waals surface area contributed by atoms with Crippen molar-refractivity contribution in [2.24, 2.45) is 0 Å². The van der Waals surface area contributed by atoms with Gasteiger partial charge in [0.1, 0.15) is 0 Å². The Labute approximate surface area is 125 Å². The topological polar surface area (TPSA) is 61.4 Å². The van der Waals surface area contributed by atoms with Crippen molar-refractivity contribution in [1.29, 1.82) is 0 Å². The number of benzene rings is 1. The summed E-state index contributed by atoms with van der Waals surface area (Å²) in [5, 5.41) is 4.95. The summed E-state index contributed by atoms with van der Waals surface area (Å²) >= 11 is 0. The maximum Gasteiger partial charge on any atom is 0.321 e. The highest BCUT2D eigenvalue weighted by molar-refractivity contribution is 5.96. The van der Waals surface area contributed by atoms with Crippen LogP contribution in [0.1, 0.15) is 31.7 Å². The van der Waals surface area contributed by atoms with E-state index >= 15 is 0 Å². The van der Waals surface area contributed by atoms with E-state index in [0.29, 0.717) is 12.5 Å². The van der Waals surface area contributed by atoms with Gasteiger partial charge in [-0.2, -0.15) is 0 Å². The molecule has 0 spiro atoms.